The molecule has 4 heteroatoms. The third-order valence-corrected chi connectivity index (χ3v) is 3.21. The van der Waals surface area contributed by atoms with Crippen LogP contribution in [0.5, 0.6) is 0 Å². The molecule has 19 heavy (non-hydrogen) atoms. The Hall–Kier alpha value is -2.31. The Balaban J connectivity index is 2.10. The smallest absolute Gasteiger partial charge is 0.137 e. The van der Waals surface area contributed by atoms with Gasteiger partial charge in [0.1, 0.15) is 11.6 Å². The molecule has 1 atom stereocenters. The minimum Gasteiger partial charge on any atom is -0.305 e. The van der Waals surface area contributed by atoms with Crippen molar-refractivity contribution >= 4 is 17.2 Å². The van der Waals surface area contributed by atoms with E-state index in [0.29, 0.717) is 5.02 Å². The molecular formula is C15H10ClN3. The van der Waals surface area contributed by atoms with E-state index in [0.717, 1.165) is 16.9 Å². The van der Waals surface area contributed by atoms with Gasteiger partial charge in [-0.05, 0) is 17.7 Å². The van der Waals surface area contributed by atoms with Crippen molar-refractivity contribution in [1.82, 2.24) is 9.38 Å². The van der Waals surface area contributed by atoms with Crippen LogP contribution in [0.2, 0.25) is 5.02 Å². The molecule has 0 aliphatic rings. The minimum atomic E-state index is -0.361. The SMILES string of the molecule is N#C[C@@H](c1ccccc1)c1cn2cc(Cl)ccc2n1. The van der Waals surface area contributed by atoms with Crippen molar-refractivity contribution in [2.24, 2.45) is 0 Å². The van der Waals surface area contributed by atoms with Gasteiger partial charge in [0.05, 0.1) is 16.8 Å². The molecule has 0 bridgehead atoms. The van der Waals surface area contributed by atoms with Crippen LogP contribution in [0.4, 0.5) is 0 Å². The number of benzene rings is 1. The molecule has 0 saturated heterocycles. The molecule has 0 saturated carbocycles. The number of nitrogens with zero attached hydrogens (tertiary/aromatic N) is 3. The maximum Gasteiger partial charge on any atom is 0.137 e. The molecule has 0 unspecified atom stereocenters. The molecule has 3 rings (SSSR count). The van der Waals surface area contributed by atoms with Gasteiger partial charge in [-0.3, -0.25) is 0 Å². The number of hydrogen-bond donors (Lipinski definition) is 0. The van der Waals surface area contributed by atoms with Gasteiger partial charge in [-0.1, -0.05) is 41.9 Å². The zero-order chi connectivity index (χ0) is 13.2. The van der Waals surface area contributed by atoms with Crippen LogP contribution in [0.3, 0.4) is 0 Å². The Labute approximate surface area is 115 Å². The van der Waals surface area contributed by atoms with E-state index < -0.39 is 0 Å². The third-order valence-electron chi connectivity index (χ3n) is 2.99. The molecule has 92 valence electrons. The normalized spacial score (nSPS) is 12.2. The molecule has 0 spiro atoms. The van der Waals surface area contributed by atoms with Crippen molar-refractivity contribution in [1.29, 1.82) is 5.26 Å². The van der Waals surface area contributed by atoms with Crippen LogP contribution in [-0.4, -0.2) is 9.38 Å². The minimum absolute atomic E-state index is 0.361. The van der Waals surface area contributed by atoms with Crippen molar-refractivity contribution in [3.05, 3.63) is 71.1 Å². The predicted octanol–water partition coefficient (Wildman–Crippen LogP) is 3.64. The van der Waals surface area contributed by atoms with Gasteiger partial charge in [-0.15, -0.1) is 0 Å². The molecular weight excluding hydrogens is 258 g/mol. The van der Waals surface area contributed by atoms with Gasteiger partial charge in [0, 0.05) is 12.4 Å². The zero-order valence-electron chi connectivity index (χ0n) is 9.99. The van der Waals surface area contributed by atoms with Gasteiger partial charge in [-0.2, -0.15) is 5.26 Å². The number of imidazole rings is 1. The second kappa shape index (κ2) is 4.75. The quantitative estimate of drug-likeness (QED) is 0.711. The van der Waals surface area contributed by atoms with Crippen molar-refractivity contribution in [2.45, 2.75) is 5.92 Å². The highest BCUT2D eigenvalue weighted by molar-refractivity contribution is 6.30. The molecule has 0 radical (unpaired) electrons. The lowest BCUT2D eigenvalue weighted by molar-refractivity contribution is 0.987. The molecule has 0 aliphatic carbocycles. The molecule has 2 heterocycles. The van der Waals surface area contributed by atoms with Gasteiger partial charge in [0.15, 0.2) is 0 Å². The monoisotopic (exact) mass is 267 g/mol. The predicted molar refractivity (Wildman–Crippen MR) is 74.1 cm³/mol. The van der Waals surface area contributed by atoms with Gasteiger partial charge >= 0.3 is 0 Å². The standard InChI is InChI=1S/C15H10ClN3/c16-12-6-7-15-18-14(10-19(15)9-12)13(8-17)11-4-2-1-3-5-11/h1-7,9-10,13H/t13-/m0/s1. The first-order chi connectivity index (χ1) is 9.28. The Morgan fingerprint density at radius 3 is 2.63 bits per heavy atom. The summed E-state index contributed by atoms with van der Waals surface area (Å²) in [7, 11) is 0. The number of hydrogen-bond acceptors (Lipinski definition) is 2. The Morgan fingerprint density at radius 2 is 1.89 bits per heavy atom. The van der Waals surface area contributed by atoms with Crippen LogP contribution in [0.25, 0.3) is 5.65 Å². The molecule has 3 aromatic rings. The average molecular weight is 268 g/mol. The number of aromatic nitrogens is 2. The molecule has 0 N–H and O–H groups in total. The highest BCUT2D eigenvalue weighted by Crippen LogP contribution is 2.24. The van der Waals surface area contributed by atoms with E-state index >= 15 is 0 Å². The molecule has 3 nitrogen and oxygen atoms in total. The number of nitriles is 1. The summed E-state index contributed by atoms with van der Waals surface area (Å²) in [6, 6.07) is 15.6. The molecule has 1 aromatic carbocycles. The summed E-state index contributed by atoms with van der Waals surface area (Å²) in [5, 5.41) is 10.0. The highest BCUT2D eigenvalue weighted by atomic mass is 35.5. The zero-order valence-corrected chi connectivity index (χ0v) is 10.7. The Bertz CT molecular complexity index is 756. The lowest BCUT2D eigenvalue weighted by Crippen LogP contribution is -1.97. The van der Waals surface area contributed by atoms with Crippen molar-refractivity contribution in [3.8, 4) is 6.07 Å². The van der Waals surface area contributed by atoms with E-state index in [1.807, 2.05) is 47.0 Å². The molecule has 0 fully saturated rings. The fourth-order valence-corrected chi connectivity index (χ4v) is 2.25. The van der Waals surface area contributed by atoms with E-state index in [-0.39, 0.29) is 5.92 Å². The first-order valence-electron chi connectivity index (χ1n) is 5.86. The van der Waals surface area contributed by atoms with Gasteiger partial charge in [-0.25, -0.2) is 4.98 Å². The summed E-state index contributed by atoms with van der Waals surface area (Å²) in [5.41, 5.74) is 2.46. The number of fused-ring (bicyclic) bond motifs is 1. The topological polar surface area (TPSA) is 41.1 Å². The summed E-state index contributed by atoms with van der Waals surface area (Å²) in [5.74, 6) is -0.361. The van der Waals surface area contributed by atoms with Crippen LogP contribution < -0.4 is 0 Å². The van der Waals surface area contributed by atoms with E-state index in [9.17, 15) is 5.26 Å². The van der Waals surface area contributed by atoms with Gasteiger partial charge < -0.3 is 4.40 Å². The Kier molecular flexibility index (Phi) is 2.94. The fourth-order valence-electron chi connectivity index (χ4n) is 2.08. The highest BCUT2D eigenvalue weighted by Gasteiger charge is 2.16. The maximum atomic E-state index is 9.39. The van der Waals surface area contributed by atoms with Crippen LogP contribution in [0.15, 0.2) is 54.9 Å². The number of pyridine rings is 1. The third kappa shape index (κ3) is 2.18. The van der Waals surface area contributed by atoms with E-state index in [1.54, 1.807) is 12.3 Å². The van der Waals surface area contributed by atoms with Crippen LogP contribution in [0, 0.1) is 11.3 Å². The summed E-state index contributed by atoms with van der Waals surface area (Å²) >= 11 is 5.94. The van der Waals surface area contributed by atoms with E-state index in [2.05, 4.69) is 11.1 Å². The average Bonchev–Trinajstić information content (AvgIpc) is 2.83. The number of rotatable bonds is 2. The summed E-state index contributed by atoms with van der Waals surface area (Å²) in [4.78, 5) is 4.48. The summed E-state index contributed by atoms with van der Waals surface area (Å²) in [6.07, 6.45) is 3.63. The lowest BCUT2D eigenvalue weighted by Gasteiger charge is -2.05. The van der Waals surface area contributed by atoms with Gasteiger partial charge in [0.2, 0.25) is 0 Å². The lowest BCUT2D eigenvalue weighted by atomic mass is 9.98. The number of halogens is 1. The second-order valence-electron chi connectivity index (χ2n) is 4.25. The van der Waals surface area contributed by atoms with E-state index in [1.165, 1.54) is 0 Å². The molecule has 0 aliphatic heterocycles. The van der Waals surface area contributed by atoms with Crippen molar-refractivity contribution < 1.29 is 0 Å². The van der Waals surface area contributed by atoms with E-state index in [4.69, 9.17) is 11.6 Å². The summed E-state index contributed by atoms with van der Waals surface area (Å²) < 4.78 is 1.84. The van der Waals surface area contributed by atoms with Gasteiger partial charge in [0.25, 0.3) is 0 Å². The molecule has 2 aromatic heterocycles. The fraction of sp³-hybridized carbons (Fsp3) is 0.0667. The first-order valence-corrected chi connectivity index (χ1v) is 6.24. The molecule has 0 amide bonds. The second-order valence-corrected chi connectivity index (χ2v) is 4.69. The van der Waals surface area contributed by atoms with Crippen LogP contribution in [0.1, 0.15) is 17.2 Å². The van der Waals surface area contributed by atoms with Crippen molar-refractivity contribution in [2.75, 3.05) is 0 Å². The van der Waals surface area contributed by atoms with Crippen LogP contribution in [-0.2, 0) is 0 Å². The van der Waals surface area contributed by atoms with Crippen LogP contribution >= 0.6 is 11.6 Å². The first kappa shape index (κ1) is 11.8. The van der Waals surface area contributed by atoms with Crippen molar-refractivity contribution in [3.63, 3.8) is 0 Å². The largest absolute Gasteiger partial charge is 0.305 e. The Morgan fingerprint density at radius 1 is 1.11 bits per heavy atom. The summed E-state index contributed by atoms with van der Waals surface area (Å²) in [6.45, 7) is 0. The maximum absolute atomic E-state index is 9.39.